The highest BCUT2D eigenvalue weighted by Crippen LogP contribution is 2.28. The molecule has 0 saturated heterocycles. The fraction of sp³-hybridized carbons (Fsp3) is 0.700. The van der Waals surface area contributed by atoms with E-state index < -0.39 is 0 Å². The van der Waals surface area contributed by atoms with Crippen molar-refractivity contribution in [1.29, 1.82) is 0 Å². The molecule has 142 valence electrons. The van der Waals surface area contributed by atoms with Gasteiger partial charge in [-0.05, 0) is 56.9 Å². The summed E-state index contributed by atoms with van der Waals surface area (Å²) >= 11 is 0. The Kier molecular flexibility index (Phi) is 5.89. The second-order valence-electron chi connectivity index (χ2n) is 8.01. The molecule has 1 fully saturated rings. The first-order valence-corrected chi connectivity index (χ1v) is 9.91. The first-order chi connectivity index (χ1) is 12.5. The van der Waals surface area contributed by atoms with Crippen LogP contribution in [0.2, 0.25) is 0 Å². The number of carbonyl (C=O) groups excluding carboxylic acids is 1. The van der Waals surface area contributed by atoms with Crippen LogP contribution in [-0.4, -0.2) is 31.5 Å². The Morgan fingerprint density at radius 2 is 2.08 bits per heavy atom. The SMILES string of the molecule is Cc1nc2ncnn2c(C)c1CCC(=O)N[C@H]1CCC[C@@H](C(C)C)CC1. The van der Waals surface area contributed by atoms with Crippen LogP contribution in [0.4, 0.5) is 0 Å². The summed E-state index contributed by atoms with van der Waals surface area (Å²) in [5, 5.41) is 7.48. The van der Waals surface area contributed by atoms with Gasteiger partial charge < -0.3 is 5.32 Å². The third-order valence-corrected chi connectivity index (χ3v) is 5.91. The predicted octanol–water partition coefficient (Wildman–Crippen LogP) is 3.39. The molecular formula is C20H31N5O. The van der Waals surface area contributed by atoms with Gasteiger partial charge >= 0.3 is 0 Å². The van der Waals surface area contributed by atoms with Gasteiger partial charge in [0.1, 0.15) is 6.33 Å². The van der Waals surface area contributed by atoms with Gasteiger partial charge in [0, 0.05) is 23.9 Å². The number of rotatable bonds is 5. The minimum absolute atomic E-state index is 0.149. The van der Waals surface area contributed by atoms with Gasteiger partial charge in [0.25, 0.3) is 5.78 Å². The summed E-state index contributed by atoms with van der Waals surface area (Å²) in [5.74, 6) is 2.32. The van der Waals surface area contributed by atoms with E-state index in [1.54, 1.807) is 4.52 Å². The standard InChI is InChI=1S/C20H31N5O/c1-13(2)16-6-5-7-17(9-8-16)24-19(26)11-10-18-14(3)23-20-21-12-22-25(20)15(18)4/h12-13,16-17H,5-11H2,1-4H3,(H,24,26)/t16-,17+/m1/s1. The van der Waals surface area contributed by atoms with E-state index in [-0.39, 0.29) is 5.91 Å². The summed E-state index contributed by atoms with van der Waals surface area (Å²) in [4.78, 5) is 21.1. The number of aromatic nitrogens is 4. The molecule has 2 aromatic heterocycles. The smallest absolute Gasteiger partial charge is 0.252 e. The lowest BCUT2D eigenvalue weighted by atomic mass is 9.89. The van der Waals surface area contributed by atoms with Gasteiger partial charge in [0.2, 0.25) is 5.91 Å². The molecule has 0 spiro atoms. The van der Waals surface area contributed by atoms with E-state index in [1.165, 1.54) is 25.6 Å². The van der Waals surface area contributed by atoms with Gasteiger partial charge in [-0.1, -0.05) is 26.7 Å². The highest BCUT2D eigenvalue weighted by Gasteiger charge is 2.22. The van der Waals surface area contributed by atoms with Crippen molar-refractivity contribution in [3.63, 3.8) is 0 Å². The summed E-state index contributed by atoms with van der Waals surface area (Å²) in [7, 11) is 0. The molecule has 0 radical (unpaired) electrons. The third-order valence-electron chi connectivity index (χ3n) is 5.91. The first-order valence-electron chi connectivity index (χ1n) is 9.91. The van der Waals surface area contributed by atoms with Gasteiger partial charge in [-0.3, -0.25) is 4.79 Å². The zero-order valence-corrected chi connectivity index (χ0v) is 16.5. The molecule has 6 heteroatoms. The molecule has 1 amide bonds. The Bertz CT molecular complexity index is 767. The maximum absolute atomic E-state index is 12.5. The van der Waals surface area contributed by atoms with Crippen molar-refractivity contribution >= 4 is 11.7 Å². The molecule has 0 bridgehead atoms. The Hall–Kier alpha value is -1.98. The predicted molar refractivity (Wildman–Crippen MR) is 102 cm³/mol. The fourth-order valence-corrected chi connectivity index (χ4v) is 4.20. The minimum atomic E-state index is 0.149. The molecule has 1 N–H and O–H groups in total. The van der Waals surface area contributed by atoms with E-state index in [9.17, 15) is 4.79 Å². The molecule has 0 unspecified atom stereocenters. The molecular weight excluding hydrogens is 326 g/mol. The van der Waals surface area contributed by atoms with E-state index in [1.807, 2.05) is 13.8 Å². The maximum Gasteiger partial charge on any atom is 0.252 e. The van der Waals surface area contributed by atoms with Crippen molar-refractivity contribution in [2.75, 3.05) is 0 Å². The van der Waals surface area contributed by atoms with Crippen LogP contribution in [-0.2, 0) is 11.2 Å². The van der Waals surface area contributed by atoms with Crippen LogP contribution in [0.5, 0.6) is 0 Å². The van der Waals surface area contributed by atoms with E-state index in [0.717, 1.165) is 41.6 Å². The average molecular weight is 358 g/mol. The molecule has 0 aliphatic heterocycles. The topological polar surface area (TPSA) is 72.2 Å². The number of fused-ring (bicyclic) bond motifs is 1. The molecule has 6 nitrogen and oxygen atoms in total. The molecule has 1 aliphatic rings. The number of aryl methyl sites for hydroxylation is 2. The Morgan fingerprint density at radius 3 is 2.85 bits per heavy atom. The van der Waals surface area contributed by atoms with Crippen LogP contribution >= 0.6 is 0 Å². The highest BCUT2D eigenvalue weighted by molar-refractivity contribution is 5.76. The number of carbonyl (C=O) groups is 1. The van der Waals surface area contributed by atoms with Gasteiger partial charge in [0.15, 0.2) is 0 Å². The molecule has 3 rings (SSSR count). The van der Waals surface area contributed by atoms with E-state index in [4.69, 9.17) is 0 Å². The summed E-state index contributed by atoms with van der Waals surface area (Å²) < 4.78 is 1.75. The largest absolute Gasteiger partial charge is 0.353 e. The molecule has 1 saturated carbocycles. The second-order valence-corrected chi connectivity index (χ2v) is 8.01. The summed E-state index contributed by atoms with van der Waals surface area (Å²) in [6, 6.07) is 0.337. The number of amides is 1. The number of nitrogens with zero attached hydrogens (tertiary/aromatic N) is 4. The van der Waals surface area contributed by atoms with Crippen LogP contribution in [0.3, 0.4) is 0 Å². The van der Waals surface area contributed by atoms with Crippen molar-refractivity contribution < 1.29 is 4.79 Å². The zero-order chi connectivity index (χ0) is 18.7. The van der Waals surface area contributed by atoms with Crippen LogP contribution in [0.25, 0.3) is 5.78 Å². The van der Waals surface area contributed by atoms with Crippen molar-refractivity contribution in [1.82, 2.24) is 24.9 Å². The van der Waals surface area contributed by atoms with Crippen LogP contribution < -0.4 is 5.32 Å². The summed E-state index contributed by atoms with van der Waals surface area (Å²) in [5.41, 5.74) is 3.05. The van der Waals surface area contributed by atoms with E-state index in [2.05, 4.69) is 34.2 Å². The molecule has 1 aliphatic carbocycles. The maximum atomic E-state index is 12.5. The Labute approximate surface area is 155 Å². The molecule has 2 aromatic rings. The van der Waals surface area contributed by atoms with Crippen LogP contribution in [0.1, 0.15) is 69.3 Å². The Morgan fingerprint density at radius 1 is 1.27 bits per heavy atom. The molecule has 2 atom stereocenters. The number of nitrogens with one attached hydrogen (secondary N) is 1. The van der Waals surface area contributed by atoms with Crippen molar-refractivity contribution in [2.45, 2.75) is 78.7 Å². The Balaban J connectivity index is 1.56. The monoisotopic (exact) mass is 357 g/mol. The number of hydrogen-bond donors (Lipinski definition) is 1. The third kappa shape index (κ3) is 4.22. The molecule has 26 heavy (non-hydrogen) atoms. The fourth-order valence-electron chi connectivity index (χ4n) is 4.20. The van der Waals surface area contributed by atoms with Crippen molar-refractivity contribution in [2.24, 2.45) is 11.8 Å². The van der Waals surface area contributed by atoms with Gasteiger partial charge in [-0.15, -0.1) is 0 Å². The molecule has 0 aromatic carbocycles. The summed E-state index contributed by atoms with van der Waals surface area (Å²) in [6.07, 6.45) is 8.67. The van der Waals surface area contributed by atoms with E-state index >= 15 is 0 Å². The second kappa shape index (κ2) is 8.14. The minimum Gasteiger partial charge on any atom is -0.353 e. The van der Waals surface area contributed by atoms with E-state index in [0.29, 0.717) is 24.7 Å². The lowest BCUT2D eigenvalue weighted by molar-refractivity contribution is -0.121. The van der Waals surface area contributed by atoms with Gasteiger partial charge in [-0.2, -0.15) is 10.1 Å². The van der Waals surface area contributed by atoms with Gasteiger partial charge in [-0.25, -0.2) is 9.50 Å². The van der Waals surface area contributed by atoms with Crippen LogP contribution in [0, 0.1) is 25.7 Å². The lowest BCUT2D eigenvalue weighted by Gasteiger charge is -2.19. The molecule has 2 heterocycles. The van der Waals surface area contributed by atoms with Gasteiger partial charge in [0.05, 0.1) is 0 Å². The zero-order valence-electron chi connectivity index (χ0n) is 16.5. The van der Waals surface area contributed by atoms with Crippen LogP contribution in [0.15, 0.2) is 6.33 Å². The average Bonchev–Trinajstić information content (AvgIpc) is 2.92. The highest BCUT2D eigenvalue weighted by atomic mass is 16.1. The summed E-state index contributed by atoms with van der Waals surface area (Å²) in [6.45, 7) is 8.62. The quantitative estimate of drug-likeness (QED) is 0.833. The normalized spacial score (nSPS) is 21.1. The number of hydrogen-bond acceptors (Lipinski definition) is 4. The van der Waals surface area contributed by atoms with Crippen molar-refractivity contribution in [3.05, 3.63) is 23.3 Å². The van der Waals surface area contributed by atoms with Crippen molar-refractivity contribution in [3.8, 4) is 0 Å². The lowest BCUT2D eigenvalue weighted by Crippen LogP contribution is -2.34. The first kappa shape index (κ1) is 18.8.